The van der Waals surface area contributed by atoms with Gasteiger partial charge in [-0.05, 0) is 37.2 Å². The Morgan fingerprint density at radius 2 is 1.85 bits per heavy atom. The van der Waals surface area contributed by atoms with E-state index < -0.39 is 9.84 Å². The van der Waals surface area contributed by atoms with Gasteiger partial charge in [0, 0.05) is 30.1 Å². The van der Waals surface area contributed by atoms with Crippen molar-refractivity contribution in [3.05, 3.63) is 34.9 Å². The van der Waals surface area contributed by atoms with E-state index in [0.29, 0.717) is 36.5 Å². The molecule has 0 aliphatic carbocycles. The first-order chi connectivity index (χ1) is 9.46. The van der Waals surface area contributed by atoms with Gasteiger partial charge in [-0.1, -0.05) is 11.6 Å². The highest BCUT2D eigenvalue weighted by molar-refractivity contribution is 7.91. The van der Waals surface area contributed by atoms with E-state index in [-0.39, 0.29) is 17.3 Å². The second kappa shape index (κ2) is 6.70. The number of ketones is 1. The number of hydrogen-bond acceptors (Lipinski definition) is 4. The van der Waals surface area contributed by atoms with Gasteiger partial charge >= 0.3 is 0 Å². The molecule has 2 rings (SSSR count). The van der Waals surface area contributed by atoms with Gasteiger partial charge in [0.15, 0.2) is 15.6 Å². The van der Waals surface area contributed by atoms with Crippen LogP contribution < -0.4 is 0 Å². The molecule has 1 heterocycles. The van der Waals surface area contributed by atoms with Crippen molar-refractivity contribution in [3.63, 3.8) is 0 Å². The number of nitrogens with zero attached hydrogens (tertiary/aromatic N) is 1. The number of benzene rings is 1. The summed E-state index contributed by atoms with van der Waals surface area (Å²) in [6.45, 7) is 1.88. The summed E-state index contributed by atoms with van der Waals surface area (Å²) in [5, 5.41) is 0.610. The van der Waals surface area contributed by atoms with Gasteiger partial charge in [0.25, 0.3) is 0 Å². The zero-order valence-electron chi connectivity index (χ0n) is 11.2. The Morgan fingerprint density at radius 1 is 1.15 bits per heavy atom. The van der Waals surface area contributed by atoms with Gasteiger partial charge in [0.2, 0.25) is 0 Å². The van der Waals surface area contributed by atoms with Gasteiger partial charge < -0.3 is 4.90 Å². The molecule has 0 atom stereocenters. The fourth-order valence-corrected chi connectivity index (χ4v) is 3.69. The molecular weight excluding hydrogens is 298 g/mol. The van der Waals surface area contributed by atoms with Gasteiger partial charge in [-0.2, -0.15) is 0 Å². The summed E-state index contributed by atoms with van der Waals surface area (Å²) in [4.78, 5) is 14.1. The van der Waals surface area contributed by atoms with Crippen LogP contribution in [-0.4, -0.2) is 50.2 Å². The number of carbonyl (C=O) groups excluding carboxylic acids is 1. The van der Waals surface area contributed by atoms with Crippen LogP contribution in [0.15, 0.2) is 24.3 Å². The first kappa shape index (κ1) is 15.5. The summed E-state index contributed by atoms with van der Waals surface area (Å²) >= 11 is 5.78. The summed E-state index contributed by atoms with van der Waals surface area (Å²) in [7, 11) is -2.89. The molecular formula is C14H18ClNO3S. The standard InChI is InChI=1S/C14H18ClNO3S/c15-13-4-2-12(3-5-13)14(17)6-8-16-7-1-10-20(18,19)11-9-16/h2-5H,1,6-11H2. The maximum absolute atomic E-state index is 12.0. The van der Waals surface area contributed by atoms with Crippen LogP contribution in [0, 0.1) is 0 Å². The highest BCUT2D eigenvalue weighted by Gasteiger charge is 2.19. The van der Waals surface area contributed by atoms with Crippen molar-refractivity contribution < 1.29 is 13.2 Å². The van der Waals surface area contributed by atoms with Crippen molar-refractivity contribution in [2.75, 3.05) is 31.1 Å². The van der Waals surface area contributed by atoms with E-state index in [9.17, 15) is 13.2 Å². The largest absolute Gasteiger partial charge is 0.302 e. The van der Waals surface area contributed by atoms with Gasteiger partial charge in [-0.25, -0.2) is 8.42 Å². The fraction of sp³-hybridized carbons (Fsp3) is 0.500. The van der Waals surface area contributed by atoms with Crippen LogP contribution in [0.1, 0.15) is 23.2 Å². The Kier molecular flexibility index (Phi) is 5.18. The van der Waals surface area contributed by atoms with E-state index in [1.807, 2.05) is 0 Å². The zero-order chi connectivity index (χ0) is 14.6. The quantitative estimate of drug-likeness (QED) is 0.798. The molecule has 6 heteroatoms. The second-order valence-electron chi connectivity index (χ2n) is 5.03. The minimum atomic E-state index is -2.89. The predicted molar refractivity (Wildman–Crippen MR) is 80.1 cm³/mol. The summed E-state index contributed by atoms with van der Waals surface area (Å²) in [5.74, 6) is 0.519. The molecule has 110 valence electrons. The number of rotatable bonds is 4. The Bertz CT molecular complexity index is 569. The smallest absolute Gasteiger partial charge is 0.164 e. The van der Waals surface area contributed by atoms with Crippen LogP contribution in [0.5, 0.6) is 0 Å². The van der Waals surface area contributed by atoms with Crippen molar-refractivity contribution in [1.29, 1.82) is 0 Å². The molecule has 1 fully saturated rings. The van der Waals surface area contributed by atoms with E-state index in [0.717, 1.165) is 6.54 Å². The lowest BCUT2D eigenvalue weighted by Gasteiger charge is -2.18. The molecule has 0 amide bonds. The van der Waals surface area contributed by atoms with Crippen molar-refractivity contribution in [2.45, 2.75) is 12.8 Å². The molecule has 20 heavy (non-hydrogen) atoms. The molecule has 0 N–H and O–H groups in total. The summed E-state index contributed by atoms with van der Waals surface area (Å²) in [6, 6.07) is 6.84. The molecule has 4 nitrogen and oxygen atoms in total. The topological polar surface area (TPSA) is 54.5 Å². The number of Topliss-reactive ketones (excluding diaryl/α,β-unsaturated/α-hetero) is 1. The van der Waals surface area contributed by atoms with E-state index in [1.165, 1.54) is 0 Å². The first-order valence-corrected chi connectivity index (χ1v) is 8.88. The second-order valence-corrected chi connectivity index (χ2v) is 7.77. The minimum absolute atomic E-state index is 0.0637. The maximum atomic E-state index is 12.0. The van der Waals surface area contributed by atoms with Crippen LogP contribution in [-0.2, 0) is 9.84 Å². The SMILES string of the molecule is O=C(CCN1CCCS(=O)(=O)CC1)c1ccc(Cl)cc1. The van der Waals surface area contributed by atoms with Crippen molar-refractivity contribution in [3.8, 4) is 0 Å². The molecule has 0 radical (unpaired) electrons. The normalized spacial score (nSPS) is 19.4. The predicted octanol–water partition coefficient (Wildman–Crippen LogP) is 2.03. The van der Waals surface area contributed by atoms with E-state index in [4.69, 9.17) is 11.6 Å². The first-order valence-electron chi connectivity index (χ1n) is 6.68. The molecule has 0 unspecified atom stereocenters. The van der Waals surface area contributed by atoms with Crippen molar-refractivity contribution >= 4 is 27.2 Å². The molecule has 1 aliphatic heterocycles. The third-order valence-electron chi connectivity index (χ3n) is 3.47. The lowest BCUT2D eigenvalue weighted by atomic mass is 10.1. The van der Waals surface area contributed by atoms with E-state index >= 15 is 0 Å². The highest BCUT2D eigenvalue weighted by Crippen LogP contribution is 2.12. The Hall–Kier alpha value is -0.910. The molecule has 0 saturated carbocycles. The Morgan fingerprint density at radius 3 is 2.55 bits per heavy atom. The molecule has 0 bridgehead atoms. The number of sulfone groups is 1. The van der Waals surface area contributed by atoms with Gasteiger partial charge in [-0.3, -0.25) is 4.79 Å². The average molecular weight is 316 g/mol. The van der Waals surface area contributed by atoms with Crippen molar-refractivity contribution in [2.24, 2.45) is 0 Å². The summed E-state index contributed by atoms with van der Waals surface area (Å²) < 4.78 is 23.0. The lowest BCUT2D eigenvalue weighted by molar-refractivity contribution is 0.0966. The number of halogens is 1. The molecule has 1 aromatic carbocycles. The monoisotopic (exact) mass is 315 g/mol. The van der Waals surface area contributed by atoms with E-state index in [2.05, 4.69) is 4.90 Å². The Balaban J connectivity index is 1.86. The fourth-order valence-electron chi connectivity index (χ4n) is 2.25. The van der Waals surface area contributed by atoms with Crippen molar-refractivity contribution in [1.82, 2.24) is 4.90 Å². The van der Waals surface area contributed by atoms with Gasteiger partial charge in [-0.15, -0.1) is 0 Å². The van der Waals surface area contributed by atoms with Crippen LogP contribution >= 0.6 is 11.6 Å². The molecule has 0 spiro atoms. The van der Waals surface area contributed by atoms with E-state index in [1.54, 1.807) is 24.3 Å². The van der Waals surface area contributed by atoms with Crippen LogP contribution in [0.4, 0.5) is 0 Å². The third-order valence-corrected chi connectivity index (χ3v) is 5.44. The van der Waals surface area contributed by atoms with Crippen LogP contribution in [0.2, 0.25) is 5.02 Å². The average Bonchev–Trinajstić information content (AvgIpc) is 2.58. The zero-order valence-corrected chi connectivity index (χ0v) is 12.8. The molecule has 0 aromatic heterocycles. The van der Waals surface area contributed by atoms with Gasteiger partial charge in [0.1, 0.15) is 0 Å². The molecule has 1 aromatic rings. The lowest BCUT2D eigenvalue weighted by Crippen LogP contribution is -2.29. The minimum Gasteiger partial charge on any atom is -0.302 e. The molecule has 1 saturated heterocycles. The third kappa shape index (κ3) is 4.58. The maximum Gasteiger partial charge on any atom is 0.164 e. The van der Waals surface area contributed by atoms with Crippen LogP contribution in [0.3, 0.4) is 0 Å². The van der Waals surface area contributed by atoms with Gasteiger partial charge in [0.05, 0.1) is 11.5 Å². The Labute approximate surface area is 124 Å². The highest BCUT2D eigenvalue weighted by atomic mass is 35.5. The summed E-state index contributed by atoms with van der Waals surface area (Å²) in [5.41, 5.74) is 0.650. The van der Waals surface area contributed by atoms with Crippen LogP contribution in [0.25, 0.3) is 0 Å². The number of hydrogen-bond donors (Lipinski definition) is 0. The summed E-state index contributed by atoms with van der Waals surface area (Å²) in [6.07, 6.45) is 1.05. The number of carbonyl (C=O) groups is 1. The molecule has 1 aliphatic rings.